The van der Waals surface area contributed by atoms with Gasteiger partial charge in [0.15, 0.2) is 0 Å². The molecule has 0 aromatic carbocycles. The topological polar surface area (TPSA) is 24.9 Å². The molecule has 18 heavy (non-hydrogen) atoms. The third-order valence-corrected chi connectivity index (χ3v) is 4.14. The molecule has 0 spiro atoms. The van der Waals surface area contributed by atoms with E-state index in [0.29, 0.717) is 5.92 Å². The van der Waals surface area contributed by atoms with E-state index in [2.05, 4.69) is 38.0 Å². The zero-order chi connectivity index (χ0) is 13.6. The van der Waals surface area contributed by atoms with Crippen molar-refractivity contribution in [3.05, 3.63) is 29.0 Å². The van der Waals surface area contributed by atoms with E-state index < -0.39 is 0 Å². The van der Waals surface area contributed by atoms with Gasteiger partial charge in [0.2, 0.25) is 0 Å². The fourth-order valence-electron chi connectivity index (χ4n) is 2.00. The number of halogens is 1. The number of rotatable bonds is 7. The maximum absolute atomic E-state index is 6.21. The van der Waals surface area contributed by atoms with Crippen LogP contribution in [0.25, 0.3) is 0 Å². The Hall–Kier alpha value is -0.600. The summed E-state index contributed by atoms with van der Waals surface area (Å²) < 4.78 is 0. The molecular weight excluding hydrogens is 244 g/mol. The first-order valence-corrected chi connectivity index (χ1v) is 7.16. The predicted octanol–water partition coefficient (Wildman–Crippen LogP) is 3.94. The van der Waals surface area contributed by atoms with Crippen molar-refractivity contribution in [2.75, 3.05) is 13.1 Å². The summed E-state index contributed by atoms with van der Waals surface area (Å²) in [5.74, 6) is 0.603. The zero-order valence-electron chi connectivity index (χ0n) is 12.0. The lowest BCUT2D eigenvalue weighted by Crippen LogP contribution is -2.38. The summed E-state index contributed by atoms with van der Waals surface area (Å²) in [6.07, 6.45) is 5.71. The summed E-state index contributed by atoms with van der Waals surface area (Å²) >= 11 is 6.21. The van der Waals surface area contributed by atoms with E-state index in [1.165, 1.54) is 12.0 Å². The number of hydrogen-bond acceptors (Lipinski definition) is 2. The highest BCUT2D eigenvalue weighted by atomic mass is 35.5. The molecule has 1 aromatic heterocycles. The van der Waals surface area contributed by atoms with Crippen LogP contribution in [0.3, 0.4) is 0 Å². The van der Waals surface area contributed by atoms with Crippen LogP contribution in [0.5, 0.6) is 0 Å². The van der Waals surface area contributed by atoms with E-state index in [4.69, 9.17) is 11.6 Å². The Balaban J connectivity index is 2.76. The Morgan fingerprint density at radius 1 is 1.44 bits per heavy atom. The average Bonchev–Trinajstić information content (AvgIpc) is 2.32. The summed E-state index contributed by atoms with van der Waals surface area (Å²) in [7, 11) is 0. The van der Waals surface area contributed by atoms with E-state index in [9.17, 15) is 0 Å². The summed E-state index contributed by atoms with van der Waals surface area (Å²) in [4.78, 5) is 4.05. The fraction of sp³-hybridized carbons (Fsp3) is 0.667. The standard InChI is InChI=1S/C15H25ClN2/c1-5-7-18-11-15(4,12(2)3)9-13-6-8-17-10-14(13)16/h6,8,10,12,18H,5,7,9,11H2,1-4H3. The fourth-order valence-corrected chi connectivity index (χ4v) is 2.19. The molecule has 1 unspecified atom stereocenters. The van der Waals surface area contributed by atoms with Crippen molar-refractivity contribution in [3.8, 4) is 0 Å². The average molecular weight is 269 g/mol. The van der Waals surface area contributed by atoms with E-state index in [1.54, 1.807) is 6.20 Å². The predicted molar refractivity (Wildman–Crippen MR) is 79.1 cm³/mol. The Morgan fingerprint density at radius 2 is 2.17 bits per heavy atom. The first kappa shape index (κ1) is 15.5. The van der Waals surface area contributed by atoms with Gasteiger partial charge in [0.25, 0.3) is 0 Å². The highest BCUT2D eigenvalue weighted by molar-refractivity contribution is 6.31. The second-order valence-corrected chi connectivity index (χ2v) is 6.04. The van der Waals surface area contributed by atoms with Gasteiger partial charge in [-0.25, -0.2) is 0 Å². The molecule has 0 radical (unpaired) electrons. The summed E-state index contributed by atoms with van der Waals surface area (Å²) in [6.45, 7) is 11.2. The van der Waals surface area contributed by atoms with Crippen LogP contribution in [0.4, 0.5) is 0 Å². The molecule has 0 aliphatic carbocycles. The lowest BCUT2D eigenvalue weighted by molar-refractivity contribution is 0.207. The molecule has 1 N–H and O–H groups in total. The Morgan fingerprint density at radius 3 is 2.72 bits per heavy atom. The molecule has 0 aliphatic rings. The van der Waals surface area contributed by atoms with E-state index >= 15 is 0 Å². The molecule has 0 amide bonds. The van der Waals surface area contributed by atoms with Gasteiger partial charge in [0, 0.05) is 18.9 Å². The summed E-state index contributed by atoms with van der Waals surface area (Å²) in [6, 6.07) is 2.03. The zero-order valence-corrected chi connectivity index (χ0v) is 12.7. The molecule has 0 saturated heterocycles. The quantitative estimate of drug-likeness (QED) is 0.758. The molecule has 0 fully saturated rings. The molecule has 0 saturated carbocycles. The van der Waals surface area contributed by atoms with Crippen molar-refractivity contribution in [2.45, 2.75) is 40.5 Å². The van der Waals surface area contributed by atoms with Crippen LogP contribution in [0.1, 0.15) is 39.7 Å². The molecule has 1 heterocycles. The van der Waals surface area contributed by atoms with Crippen LogP contribution < -0.4 is 5.32 Å². The van der Waals surface area contributed by atoms with Crippen LogP contribution in [-0.4, -0.2) is 18.1 Å². The molecule has 3 heteroatoms. The molecule has 0 bridgehead atoms. The molecule has 1 aromatic rings. The van der Waals surface area contributed by atoms with Crippen LogP contribution in [0, 0.1) is 11.3 Å². The first-order valence-electron chi connectivity index (χ1n) is 6.78. The van der Waals surface area contributed by atoms with Crippen molar-refractivity contribution in [2.24, 2.45) is 11.3 Å². The van der Waals surface area contributed by atoms with Crippen LogP contribution in [-0.2, 0) is 6.42 Å². The van der Waals surface area contributed by atoms with Gasteiger partial charge in [-0.15, -0.1) is 0 Å². The van der Waals surface area contributed by atoms with Gasteiger partial charge in [0.05, 0.1) is 5.02 Å². The maximum Gasteiger partial charge on any atom is 0.0621 e. The van der Waals surface area contributed by atoms with Gasteiger partial charge in [-0.1, -0.05) is 39.3 Å². The van der Waals surface area contributed by atoms with Crippen molar-refractivity contribution in [1.82, 2.24) is 10.3 Å². The molecule has 1 atom stereocenters. The normalized spacial score (nSPS) is 14.8. The number of pyridine rings is 1. The van der Waals surface area contributed by atoms with Gasteiger partial charge in [-0.3, -0.25) is 4.98 Å². The van der Waals surface area contributed by atoms with Crippen molar-refractivity contribution >= 4 is 11.6 Å². The largest absolute Gasteiger partial charge is 0.316 e. The maximum atomic E-state index is 6.21. The highest BCUT2D eigenvalue weighted by Gasteiger charge is 2.28. The van der Waals surface area contributed by atoms with Gasteiger partial charge in [-0.2, -0.15) is 0 Å². The van der Waals surface area contributed by atoms with Gasteiger partial charge < -0.3 is 5.32 Å². The minimum Gasteiger partial charge on any atom is -0.316 e. The van der Waals surface area contributed by atoms with Crippen molar-refractivity contribution < 1.29 is 0 Å². The third kappa shape index (κ3) is 4.25. The SMILES string of the molecule is CCCNCC(C)(Cc1ccncc1Cl)C(C)C. The third-order valence-electron chi connectivity index (χ3n) is 3.80. The summed E-state index contributed by atoms with van der Waals surface area (Å²) in [5.41, 5.74) is 1.42. The second kappa shape index (κ2) is 7.10. The van der Waals surface area contributed by atoms with Crippen molar-refractivity contribution in [1.29, 1.82) is 0 Å². The first-order chi connectivity index (χ1) is 8.49. The number of aromatic nitrogens is 1. The smallest absolute Gasteiger partial charge is 0.0621 e. The van der Waals surface area contributed by atoms with E-state index in [1.807, 2.05) is 12.3 Å². The number of nitrogens with one attached hydrogen (secondary N) is 1. The second-order valence-electron chi connectivity index (χ2n) is 5.63. The van der Waals surface area contributed by atoms with Gasteiger partial charge >= 0.3 is 0 Å². The number of hydrogen-bond donors (Lipinski definition) is 1. The number of nitrogens with zero attached hydrogens (tertiary/aromatic N) is 1. The minimum absolute atomic E-state index is 0.222. The van der Waals surface area contributed by atoms with Crippen LogP contribution >= 0.6 is 11.6 Å². The van der Waals surface area contributed by atoms with E-state index in [-0.39, 0.29) is 5.41 Å². The Labute approximate surface area is 116 Å². The lowest BCUT2D eigenvalue weighted by atomic mass is 9.74. The molecule has 0 aliphatic heterocycles. The molecular formula is C15H25ClN2. The van der Waals surface area contributed by atoms with Crippen LogP contribution in [0.15, 0.2) is 18.5 Å². The lowest BCUT2D eigenvalue weighted by Gasteiger charge is -2.34. The highest BCUT2D eigenvalue weighted by Crippen LogP contribution is 2.32. The molecule has 102 valence electrons. The van der Waals surface area contributed by atoms with Gasteiger partial charge in [0.1, 0.15) is 0 Å². The van der Waals surface area contributed by atoms with Crippen LogP contribution in [0.2, 0.25) is 5.02 Å². The molecule has 2 nitrogen and oxygen atoms in total. The Bertz CT molecular complexity index is 365. The summed E-state index contributed by atoms with van der Waals surface area (Å²) in [5, 5.41) is 4.32. The van der Waals surface area contributed by atoms with Gasteiger partial charge in [-0.05, 0) is 42.3 Å². The Kier molecular flexibility index (Phi) is 6.10. The molecule has 1 rings (SSSR count). The minimum atomic E-state index is 0.222. The van der Waals surface area contributed by atoms with E-state index in [0.717, 1.165) is 24.5 Å². The van der Waals surface area contributed by atoms with Crippen molar-refractivity contribution in [3.63, 3.8) is 0 Å². The monoisotopic (exact) mass is 268 g/mol.